The van der Waals surface area contributed by atoms with Gasteiger partial charge in [0.15, 0.2) is 0 Å². The van der Waals surface area contributed by atoms with E-state index in [1.807, 2.05) is 73.6 Å². The SMILES string of the molecule is Cc1ccc(C(C(=O)NC(C)(C)C)N(C(=O)C(CC(C)C)NC(=O)OC(C)(C)C)C(C)CCC(C)C)cc1C. The second-order valence-corrected chi connectivity index (χ2v) is 13.9. The molecule has 0 heterocycles. The molecule has 7 nitrogen and oxygen atoms in total. The lowest BCUT2D eigenvalue weighted by molar-refractivity contribution is -0.146. The minimum absolute atomic E-state index is 0.130. The minimum atomic E-state index is -0.853. The predicted octanol–water partition coefficient (Wildman–Crippen LogP) is 6.85. The summed E-state index contributed by atoms with van der Waals surface area (Å²) in [6, 6.07) is 3.99. The molecule has 3 amide bonds. The van der Waals surface area contributed by atoms with Crippen LogP contribution in [0.1, 0.15) is 118 Å². The van der Waals surface area contributed by atoms with E-state index >= 15 is 0 Å². The van der Waals surface area contributed by atoms with E-state index in [1.165, 1.54) is 0 Å². The van der Waals surface area contributed by atoms with Crippen LogP contribution in [0.5, 0.6) is 0 Å². The van der Waals surface area contributed by atoms with E-state index in [2.05, 4.69) is 24.5 Å². The molecule has 2 N–H and O–H groups in total. The number of rotatable bonds is 11. The maximum Gasteiger partial charge on any atom is 0.408 e. The molecule has 7 heteroatoms. The number of carbonyl (C=O) groups is 3. The van der Waals surface area contributed by atoms with E-state index in [9.17, 15) is 14.4 Å². The maximum absolute atomic E-state index is 14.5. The smallest absolute Gasteiger partial charge is 0.408 e. The zero-order valence-electron chi connectivity index (χ0n) is 26.8. The summed E-state index contributed by atoms with van der Waals surface area (Å²) in [5.41, 5.74) is 1.73. The summed E-state index contributed by atoms with van der Waals surface area (Å²) in [6.45, 7) is 25.5. The van der Waals surface area contributed by atoms with Crippen LogP contribution in [0.25, 0.3) is 0 Å². The molecule has 1 aromatic carbocycles. The first kappa shape index (κ1) is 34.5. The first-order valence-electron chi connectivity index (χ1n) is 14.4. The van der Waals surface area contributed by atoms with Crippen molar-refractivity contribution < 1.29 is 19.1 Å². The van der Waals surface area contributed by atoms with Crippen LogP contribution in [-0.2, 0) is 14.3 Å². The number of nitrogens with zero attached hydrogens (tertiary/aromatic N) is 1. The minimum Gasteiger partial charge on any atom is -0.444 e. The number of hydrogen-bond donors (Lipinski definition) is 2. The van der Waals surface area contributed by atoms with Crippen LogP contribution in [-0.4, -0.2) is 46.0 Å². The number of alkyl carbamates (subject to hydrolysis) is 1. The van der Waals surface area contributed by atoms with Crippen LogP contribution in [0.3, 0.4) is 0 Å². The Balaban J connectivity index is 3.71. The van der Waals surface area contributed by atoms with Crippen molar-refractivity contribution in [3.63, 3.8) is 0 Å². The second kappa shape index (κ2) is 14.2. The molecule has 0 radical (unpaired) electrons. The third kappa shape index (κ3) is 12.0. The molecule has 3 atom stereocenters. The topological polar surface area (TPSA) is 87.7 Å². The fourth-order valence-corrected chi connectivity index (χ4v) is 4.45. The summed E-state index contributed by atoms with van der Waals surface area (Å²) in [5.74, 6) is 0.0542. The number of amides is 3. The maximum atomic E-state index is 14.5. The van der Waals surface area contributed by atoms with Crippen molar-refractivity contribution in [1.29, 1.82) is 0 Å². The Labute approximate surface area is 237 Å². The molecule has 0 aliphatic carbocycles. The van der Waals surface area contributed by atoms with Gasteiger partial charge in [-0.15, -0.1) is 0 Å². The van der Waals surface area contributed by atoms with E-state index in [4.69, 9.17) is 4.74 Å². The van der Waals surface area contributed by atoms with E-state index in [0.29, 0.717) is 12.3 Å². The van der Waals surface area contributed by atoms with Crippen molar-refractivity contribution in [2.24, 2.45) is 11.8 Å². The van der Waals surface area contributed by atoms with E-state index in [0.717, 1.165) is 29.5 Å². The van der Waals surface area contributed by atoms with Crippen LogP contribution in [0, 0.1) is 25.7 Å². The quantitative estimate of drug-likeness (QED) is 0.318. The summed E-state index contributed by atoms with van der Waals surface area (Å²) in [6.07, 6.45) is 1.42. The molecule has 0 aromatic heterocycles. The van der Waals surface area contributed by atoms with Crippen molar-refractivity contribution in [1.82, 2.24) is 15.5 Å². The van der Waals surface area contributed by atoms with Crippen molar-refractivity contribution in [3.8, 4) is 0 Å². The third-order valence-electron chi connectivity index (χ3n) is 6.46. The molecule has 39 heavy (non-hydrogen) atoms. The lowest BCUT2D eigenvalue weighted by Crippen LogP contribution is -2.57. The number of benzene rings is 1. The molecule has 0 fully saturated rings. The summed E-state index contributed by atoms with van der Waals surface area (Å²) >= 11 is 0. The molecule has 0 bridgehead atoms. The van der Waals surface area contributed by atoms with Crippen LogP contribution in [0.15, 0.2) is 18.2 Å². The van der Waals surface area contributed by atoms with Crippen LogP contribution in [0.4, 0.5) is 4.79 Å². The number of nitrogens with one attached hydrogen (secondary N) is 2. The highest BCUT2D eigenvalue weighted by molar-refractivity contribution is 5.92. The van der Waals surface area contributed by atoms with Gasteiger partial charge in [-0.25, -0.2) is 4.79 Å². The molecule has 0 aliphatic rings. The summed E-state index contributed by atoms with van der Waals surface area (Å²) < 4.78 is 5.51. The van der Waals surface area contributed by atoms with Gasteiger partial charge >= 0.3 is 6.09 Å². The average molecular weight is 546 g/mol. The van der Waals surface area contributed by atoms with Gasteiger partial charge in [-0.1, -0.05) is 45.9 Å². The molecule has 222 valence electrons. The Morgan fingerprint density at radius 2 is 1.46 bits per heavy atom. The van der Waals surface area contributed by atoms with E-state index in [-0.39, 0.29) is 23.8 Å². The normalized spacial score (nSPS) is 14.5. The van der Waals surface area contributed by atoms with Gasteiger partial charge in [0.05, 0.1) is 0 Å². The Morgan fingerprint density at radius 1 is 0.872 bits per heavy atom. The number of carbonyl (C=O) groups excluding carboxylic acids is 3. The molecular weight excluding hydrogens is 490 g/mol. The van der Waals surface area contributed by atoms with Gasteiger partial charge in [-0.3, -0.25) is 9.59 Å². The Morgan fingerprint density at radius 3 is 1.92 bits per heavy atom. The highest BCUT2D eigenvalue weighted by Crippen LogP contribution is 2.30. The molecule has 1 rings (SSSR count). The van der Waals surface area contributed by atoms with Gasteiger partial charge in [0, 0.05) is 11.6 Å². The van der Waals surface area contributed by atoms with Gasteiger partial charge in [0.1, 0.15) is 17.7 Å². The Kier molecular flexibility index (Phi) is 12.5. The lowest BCUT2D eigenvalue weighted by atomic mass is 9.93. The van der Waals surface area contributed by atoms with Gasteiger partial charge in [0.2, 0.25) is 11.8 Å². The highest BCUT2D eigenvalue weighted by atomic mass is 16.6. The Bertz CT molecular complexity index is 973. The van der Waals surface area contributed by atoms with Gasteiger partial charge < -0.3 is 20.3 Å². The zero-order chi connectivity index (χ0) is 30.3. The molecule has 0 spiro atoms. The molecule has 3 unspecified atom stereocenters. The number of ether oxygens (including phenoxy) is 1. The molecular formula is C32H55N3O4. The third-order valence-corrected chi connectivity index (χ3v) is 6.46. The van der Waals surface area contributed by atoms with Crippen LogP contribution >= 0.6 is 0 Å². The van der Waals surface area contributed by atoms with Crippen molar-refractivity contribution >= 4 is 17.9 Å². The van der Waals surface area contributed by atoms with Crippen molar-refractivity contribution in [2.75, 3.05) is 0 Å². The summed E-state index contributed by atoms with van der Waals surface area (Å²) in [4.78, 5) is 43.0. The van der Waals surface area contributed by atoms with E-state index < -0.39 is 29.3 Å². The van der Waals surface area contributed by atoms with Crippen LogP contribution < -0.4 is 10.6 Å². The van der Waals surface area contributed by atoms with Crippen molar-refractivity contribution in [3.05, 3.63) is 34.9 Å². The van der Waals surface area contributed by atoms with Gasteiger partial charge in [0.25, 0.3) is 0 Å². The average Bonchev–Trinajstić information content (AvgIpc) is 2.74. The summed E-state index contributed by atoms with van der Waals surface area (Å²) in [5, 5.41) is 5.95. The first-order chi connectivity index (χ1) is 17.7. The van der Waals surface area contributed by atoms with Crippen LogP contribution in [0.2, 0.25) is 0 Å². The number of aryl methyl sites for hydroxylation is 2. The largest absolute Gasteiger partial charge is 0.444 e. The fraction of sp³-hybridized carbons (Fsp3) is 0.719. The summed E-state index contributed by atoms with van der Waals surface area (Å²) in [7, 11) is 0. The molecule has 0 aliphatic heterocycles. The fourth-order valence-electron chi connectivity index (χ4n) is 4.45. The molecule has 0 saturated carbocycles. The van der Waals surface area contributed by atoms with Gasteiger partial charge in [-0.2, -0.15) is 0 Å². The second-order valence-electron chi connectivity index (χ2n) is 13.9. The highest BCUT2D eigenvalue weighted by Gasteiger charge is 2.40. The zero-order valence-corrected chi connectivity index (χ0v) is 26.8. The predicted molar refractivity (Wildman–Crippen MR) is 160 cm³/mol. The molecule has 0 saturated heterocycles. The van der Waals surface area contributed by atoms with Crippen molar-refractivity contribution in [2.45, 2.75) is 139 Å². The first-order valence-corrected chi connectivity index (χ1v) is 14.4. The standard InChI is InChI=1S/C32H55N3O4/c1-20(2)14-16-24(7)35(29(37)26(18-21(3)4)33-30(38)39-32(11,12)13)27(28(36)34-31(8,9)10)25-17-15-22(5)23(6)19-25/h15,17,19-21,24,26-27H,14,16,18H2,1-13H3,(H,33,38)(H,34,36). The van der Waals surface area contributed by atoms with E-state index in [1.54, 1.807) is 25.7 Å². The monoisotopic (exact) mass is 545 g/mol. The lowest BCUT2D eigenvalue weighted by Gasteiger charge is -2.40. The van der Waals surface area contributed by atoms with Gasteiger partial charge in [-0.05, 0) is 110 Å². The molecule has 1 aromatic rings. The number of hydrogen-bond acceptors (Lipinski definition) is 4. The Hall–Kier alpha value is -2.57.